The van der Waals surface area contributed by atoms with Crippen LogP contribution in [0.15, 0.2) is 77.3 Å². The molecule has 7 nitrogen and oxygen atoms in total. The molecule has 7 rings (SSSR count). The number of rotatable bonds is 7. The Kier molecular flexibility index (Phi) is 7.63. The summed E-state index contributed by atoms with van der Waals surface area (Å²) in [5, 5.41) is 13.9. The largest absolute Gasteiger partial charge is 0.573 e. The van der Waals surface area contributed by atoms with Gasteiger partial charge in [-0.2, -0.15) is 0 Å². The number of carbonyl (C=O) groups is 2. The Morgan fingerprint density at radius 2 is 1.73 bits per heavy atom. The van der Waals surface area contributed by atoms with Crippen LogP contribution in [0.5, 0.6) is 11.5 Å². The minimum absolute atomic E-state index is 0.0799. The van der Waals surface area contributed by atoms with E-state index in [1.807, 2.05) is 24.3 Å². The van der Waals surface area contributed by atoms with Crippen molar-refractivity contribution in [2.45, 2.75) is 44.5 Å². The number of halogens is 4. The fourth-order valence-electron chi connectivity index (χ4n) is 6.61. The van der Waals surface area contributed by atoms with E-state index in [4.69, 9.17) is 9.72 Å². The van der Waals surface area contributed by atoms with Crippen molar-refractivity contribution in [3.05, 3.63) is 94.0 Å². The van der Waals surface area contributed by atoms with Gasteiger partial charge >= 0.3 is 12.3 Å². The number of benzene rings is 3. The van der Waals surface area contributed by atoms with Crippen molar-refractivity contribution in [1.29, 1.82) is 0 Å². The molecular weight excluding hydrogens is 653 g/mol. The molecule has 0 atom stereocenters. The maximum absolute atomic E-state index is 14.5. The Morgan fingerprint density at radius 3 is 2.42 bits per heavy atom. The Balaban J connectivity index is 1.51. The Labute approximate surface area is 265 Å². The molecule has 0 aliphatic heterocycles. The Hall–Kier alpha value is -4.38. The molecule has 3 aromatic carbocycles. The van der Waals surface area contributed by atoms with E-state index in [0.717, 1.165) is 10.0 Å². The predicted octanol–water partition coefficient (Wildman–Crippen LogP) is 8.09. The van der Waals surface area contributed by atoms with Crippen LogP contribution in [-0.2, 0) is 4.79 Å². The average Bonchev–Trinajstić information content (AvgIpc) is 3.00. The molecule has 0 spiro atoms. The van der Waals surface area contributed by atoms with Gasteiger partial charge < -0.3 is 19.9 Å². The lowest BCUT2D eigenvalue weighted by molar-refractivity contribution is -0.274. The third-order valence-corrected chi connectivity index (χ3v) is 9.37. The van der Waals surface area contributed by atoms with Crippen molar-refractivity contribution in [2.75, 3.05) is 7.11 Å². The van der Waals surface area contributed by atoms with E-state index in [1.165, 1.54) is 24.3 Å². The van der Waals surface area contributed by atoms with E-state index < -0.39 is 34.9 Å². The molecule has 3 aliphatic carbocycles. The van der Waals surface area contributed by atoms with Crippen LogP contribution >= 0.6 is 15.9 Å². The normalized spacial score (nSPS) is 20.9. The van der Waals surface area contributed by atoms with E-state index in [2.05, 4.69) is 26.0 Å². The summed E-state index contributed by atoms with van der Waals surface area (Å²) in [6.07, 6.45) is -2.60. The van der Waals surface area contributed by atoms with Crippen LogP contribution in [0.1, 0.15) is 47.2 Å². The first kappa shape index (κ1) is 30.6. The highest BCUT2D eigenvalue weighted by atomic mass is 79.9. The van der Waals surface area contributed by atoms with Crippen molar-refractivity contribution >= 4 is 44.3 Å². The molecule has 1 amide bonds. The minimum atomic E-state index is -4.97. The van der Waals surface area contributed by atoms with Crippen molar-refractivity contribution in [2.24, 2.45) is 5.41 Å². The second kappa shape index (κ2) is 11.2. The van der Waals surface area contributed by atoms with Crippen LogP contribution in [-0.4, -0.2) is 41.0 Å². The highest BCUT2D eigenvalue weighted by molar-refractivity contribution is 9.10. The van der Waals surface area contributed by atoms with Crippen molar-refractivity contribution in [3.63, 3.8) is 0 Å². The number of alkyl halides is 3. The fourth-order valence-corrected chi connectivity index (χ4v) is 6.97. The number of hydrogen-bond donors (Lipinski definition) is 2. The summed E-state index contributed by atoms with van der Waals surface area (Å²) in [7, 11) is 1.56. The zero-order chi connectivity index (χ0) is 32.1. The van der Waals surface area contributed by atoms with Gasteiger partial charge in [0.05, 0.1) is 34.8 Å². The summed E-state index contributed by atoms with van der Waals surface area (Å²) >= 11 is 3.50. The molecule has 3 aliphatic rings. The lowest BCUT2D eigenvalue weighted by Crippen LogP contribution is -2.57. The number of amides is 1. The Morgan fingerprint density at radius 1 is 1.00 bits per heavy atom. The number of methoxy groups -OCH3 is 1. The van der Waals surface area contributed by atoms with E-state index in [9.17, 15) is 27.9 Å². The van der Waals surface area contributed by atoms with Gasteiger partial charge in [0.2, 0.25) is 0 Å². The summed E-state index contributed by atoms with van der Waals surface area (Å²) in [4.78, 5) is 31.8. The van der Waals surface area contributed by atoms with Crippen molar-refractivity contribution < 1.29 is 37.3 Å². The van der Waals surface area contributed by atoms with Gasteiger partial charge in [0, 0.05) is 21.0 Å². The minimum Gasteiger partial charge on any atom is -0.497 e. The molecule has 0 radical (unpaired) electrons. The highest BCUT2D eigenvalue weighted by Gasteiger charge is 2.54. The quantitative estimate of drug-likeness (QED) is 0.205. The number of fused-ring (bicyclic) bond motifs is 3. The van der Waals surface area contributed by atoms with Gasteiger partial charge in [0.25, 0.3) is 5.91 Å². The summed E-state index contributed by atoms with van der Waals surface area (Å²) in [5.74, 6) is -1.35. The smallest absolute Gasteiger partial charge is 0.497 e. The lowest BCUT2D eigenvalue weighted by atomic mass is 9.57. The number of aromatic nitrogens is 1. The van der Waals surface area contributed by atoms with Crippen LogP contribution in [0.4, 0.5) is 13.2 Å². The molecule has 232 valence electrons. The predicted molar refractivity (Wildman–Crippen MR) is 166 cm³/mol. The van der Waals surface area contributed by atoms with Crippen molar-refractivity contribution in [3.8, 4) is 22.8 Å². The van der Waals surface area contributed by atoms with Crippen LogP contribution in [0.2, 0.25) is 0 Å². The van der Waals surface area contributed by atoms with Gasteiger partial charge in [-0.15, -0.1) is 13.2 Å². The number of carbonyl (C=O) groups excluding carboxylic acids is 1. The second-order valence-electron chi connectivity index (χ2n) is 11.5. The molecule has 2 N–H and O–H groups in total. The number of nitrogens with zero attached hydrogens (tertiary/aromatic N) is 1. The number of aliphatic carboxylic acids is 1. The molecule has 2 bridgehead atoms. The first-order chi connectivity index (χ1) is 21.3. The van der Waals surface area contributed by atoms with E-state index in [-0.39, 0.29) is 31.2 Å². The SMILES string of the molecule is COc1cccc(-c2nc3ccc(Br)cc3c(C(=O)NC34CCC(C(=O)O)(C=C3c3ccccc3OC(F)(F)F)CC4)c2C)c1. The summed E-state index contributed by atoms with van der Waals surface area (Å²) < 4.78 is 50.8. The van der Waals surface area contributed by atoms with E-state index >= 15 is 0 Å². The van der Waals surface area contributed by atoms with Gasteiger partial charge in [0.15, 0.2) is 0 Å². The highest BCUT2D eigenvalue weighted by Crippen LogP contribution is 2.56. The number of ether oxygens (including phenoxy) is 2. The zero-order valence-electron chi connectivity index (χ0n) is 24.3. The van der Waals surface area contributed by atoms with E-state index in [0.29, 0.717) is 39.0 Å². The molecule has 45 heavy (non-hydrogen) atoms. The maximum atomic E-state index is 14.5. The summed E-state index contributed by atoms with van der Waals surface area (Å²) in [6.45, 7) is 1.80. The molecule has 0 unspecified atom stereocenters. The molecule has 11 heteroatoms. The topological polar surface area (TPSA) is 97.8 Å². The zero-order valence-corrected chi connectivity index (χ0v) is 25.9. The molecule has 1 saturated carbocycles. The first-order valence-electron chi connectivity index (χ1n) is 14.2. The number of para-hydroxylation sites is 1. The summed E-state index contributed by atoms with van der Waals surface area (Å²) in [5.41, 5.74) is 0.792. The molecular formula is C34H28BrF3N2O5. The number of hydrogen-bond acceptors (Lipinski definition) is 5. The number of nitrogens with one attached hydrogen (secondary N) is 1. The average molecular weight is 682 g/mol. The third-order valence-electron chi connectivity index (χ3n) is 8.87. The molecule has 4 aromatic rings. The number of carboxylic acids is 1. The fraction of sp³-hybridized carbons (Fsp3) is 0.265. The van der Waals surface area contributed by atoms with Gasteiger partial charge in [-0.25, -0.2) is 4.98 Å². The van der Waals surface area contributed by atoms with Gasteiger partial charge in [-0.3, -0.25) is 9.59 Å². The number of carboxylic acid groups (broad SMARTS) is 1. The molecule has 1 heterocycles. The second-order valence-corrected chi connectivity index (χ2v) is 12.4. The number of pyridine rings is 1. The molecule has 1 fully saturated rings. The maximum Gasteiger partial charge on any atom is 0.573 e. The summed E-state index contributed by atoms with van der Waals surface area (Å²) in [6, 6.07) is 18.4. The first-order valence-corrected chi connectivity index (χ1v) is 15.0. The monoisotopic (exact) mass is 680 g/mol. The standard InChI is InChI=1S/C34H28BrF3N2O5/c1-19-28(24-17-21(35)10-11-26(24)39-29(19)20-6-5-7-22(16-20)44-2)30(41)40-33-14-12-32(13-15-33,31(42)43)18-25(33)23-8-3-4-9-27(23)45-34(36,37)38/h3-11,16-18H,12-15H2,1-2H3,(H,40,41)(H,42,43). The third kappa shape index (κ3) is 5.54. The van der Waals surface area contributed by atoms with Gasteiger partial charge in [-0.1, -0.05) is 52.3 Å². The van der Waals surface area contributed by atoms with Crippen LogP contribution < -0.4 is 14.8 Å². The molecule has 0 saturated heterocycles. The Bertz CT molecular complexity index is 1880. The van der Waals surface area contributed by atoms with Gasteiger partial charge in [0.1, 0.15) is 11.5 Å². The molecule has 1 aromatic heterocycles. The van der Waals surface area contributed by atoms with Crippen LogP contribution in [0.3, 0.4) is 0 Å². The van der Waals surface area contributed by atoms with E-state index in [1.54, 1.807) is 38.3 Å². The van der Waals surface area contributed by atoms with Gasteiger partial charge in [-0.05, 0) is 80.1 Å². The lowest BCUT2D eigenvalue weighted by Gasteiger charge is -2.51. The van der Waals surface area contributed by atoms with Crippen LogP contribution in [0.25, 0.3) is 27.7 Å². The van der Waals surface area contributed by atoms with Crippen molar-refractivity contribution in [1.82, 2.24) is 10.3 Å². The van der Waals surface area contributed by atoms with Crippen LogP contribution in [0, 0.1) is 12.3 Å².